The van der Waals surface area contributed by atoms with Gasteiger partial charge in [-0.2, -0.15) is 0 Å². The number of carbonyl (C=O) groups excluding carboxylic acids is 2. The van der Waals surface area contributed by atoms with Gasteiger partial charge in [0.15, 0.2) is 0 Å². The minimum Gasteiger partial charge on any atom is -0.490 e. The van der Waals surface area contributed by atoms with E-state index in [4.69, 9.17) is 16.3 Å². The van der Waals surface area contributed by atoms with Gasteiger partial charge in [0.05, 0.1) is 0 Å². The number of ether oxygens (including phenoxy) is 1. The summed E-state index contributed by atoms with van der Waals surface area (Å²) in [7, 11) is 0. The summed E-state index contributed by atoms with van der Waals surface area (Å²) in [6, 6.07) is 10.4. The highest BCUT2D eigenvalue weighted by Gasteiger charge is 2.37. The fraction of sp³-hybridized carbons (Fsp3) is 0.440. The Morgan fingerprint density at radius 1 is 0.939 bits per heavy atom. The number of hydrogen-bond donors (Lipinski definition) is 0. The topological polar surface area (TPSA) is 49.9 Å². The molecule has 5 nitrogen and oxygen atoms in total. The summed E-state index contributed by atoms with van der Waals surface area (Å²) in [6.07, 6.45) is 3.43. The number of carbonyl (C=O) groups is 2. The van der Waals surface area contributed by atoms with Crippen LogP contribution in [0.3, 0.4) is 0 Å². The van der Waals surface area contributed by atoms with Crippen molar-refractivity contribution in [3.8, 4) is 5.75 Å². The summed E-state index contributed by atoms with van der Waals surface area (Å²) in [5.74, 6) is -2.13. The fourth-order valence-corrected chi connectivity index (χ4v) is 4.72. The van der Waals surface area contributed by atoms with Crippen molar-refractivity contribution in [2.24, 2.45) is 5.92 Å². The molecule has 0 unspecified atom stereocenters. The van der Waals surface area contributed by atoms with Gasteiger partial charge in [-0.3, -0.25) is 9.59 Å². The third-order valence-electron chi connectivity index (χ3n) is 6.37. The average molecular weight is 477 g/mol. The van der Waals surface area contributed by atoms with Crippen molar-refractivity contribution in [1.82, 2.24) is 9.80 Å². The smallest absolute Gasteiger partial charge is 0.259 e. The Hall–Kier alpha value is -2.67. The van der Waals surface area contributed by atoms with Crippen LogP contribution < -0.4 is 4.74 Å². The quantitative estimate of drug-likeness (QED) is 0.614. The van der Waals surface area contributed by atoms with E-state index in [-0.39, 0.29) is 37.4 Å². The summed E-state index contributed by atoms with van der Waals surface area (Å²) >= 11 is 5.96. The normalized spacial score (nSPS) is 21.1. The zero-order valence-corrected chi connectivity index (χ0v) is 19.1. The Kier molecular flexibility index (Phi) is 7.48. The molecule has 0 aliphatic carbocycles. The van der Waals surface area contributed by atoms with E-state index in [2.05, 4.69) is 0 Å². The monoisotopic (exact) mass is 476 g/mol. The van der Waals surface area contributed by atoms with Gasteiger partial charge in [-0.1, -0.05) is 17.7 Å². The van der Waals surface area contributed by atoms with E-state index in [0.29, 0.717) is 17.2 Å². The number of halogens is 3. The maximum absolute atomic E-state index is 14.2. The van der Waals surface area contributed by atoms with Gasteiger partial charge in [-0.25, -0.2) is 8.78 Å². The van der Waals surface area contributed by atoms with E-state index in [1.165, 1.54) is 11.0 Å². The lowest BCUT2D eigenvalue weighted by atomic mass is 9.90. The number of amides is 2. The van der Waals surface area contributed by atoms with Gasteiger partial charge in [0.25, 0.3) is 5.91 Å². The molecule has 2 heterocycles. The molecular formula is C25H27ClF2N2O3. The maximum Gasteiger partial charge on any atom is 0.259 e. The maximum atomic E-state index is 14.2. The SMILES string of the molecule is O=C(C[C@H]1CN(C(=O)c2c(F)cccc2F)CC[C@@H]1Oc1ccc(Cl)cc1)N1CCCCC1. The highest BCUT2D eigenvalue weighted by atomic mass is 35.5. The van der Waals surface area contributed by atoms with Gasteiger partial charge in [-0.05, 0) is 55.7 Å². The second-order valence-electron chi connectivity index (χ2n) is 8.65. The Labute approximate surface area is 197 Å². The summed E-state index contributed by atoms with van der Waals surface area (Å²) < 4.78 is 34.6. The average Bonchev–Trinajstić information content (AvgIpc) is 2.82. The molecule has 2 amide bonds. The predicted octanol–water partition coefficient (Wildman–Crippen LogP) is 4.93. The number of hydrogen-bond acceptors (Lipinski definition) is 3. The molecule has 0 bridgehead atoms. The summed E-state index contributed by atoms with van der Waals surface area (Å²) in [5, 5.41) is 0.589. The van der Waals surface area contributed by atoms with E-state index in [9.17, 15) is 18.4 Å². The first-order valence-corrected chi connectivity index (χ1v) is 11.7. The van der Waals surface area contributed by atoms with Crippen LogP contribution in [0.1, 0.15) is 42.5 Å². The summed E-state index contributed by atoms with van der Waals surface area (Å²) in [4.78, 5) is 29.3. The molecule has 0 saturated carbocycles. The first-order valence-electron chi connectivity index (χ1n) is 11.4. The van der Waals surface area contributed by atoms with Crippen LogP contribution in [-0.4, -0.2) is 53.9 Å². The predicted molar refractivity (Wildman–Crippen MR) is 121 cm³/mol. The van der Waals surface area contributed by atoms with Crippen LogP contribution in [0.2, 0.25) is 5.02 Å². The molecule has 33 heavy (non-hydrogen) atoms. The Morgan fingerprint density at radius 3 is 2.27 bits per heavy atom. The number of piperidine rings is 2. The van der Waals surface area contributed by atoms with Crippen molar-refractivity contribution in [3.05, 3.63) is 64.7 Å². The van der Waals surface area contributed by atoms with E-state index < -0.39 is 23.1 Å². The van der Waals surface area contributed by atoms with Crippen LogP contribution in [0.4, 0.5) is 8.78 Å². The molecule has 0 spiro atoms. The van der Waals surface area contributed by atoms with Gasteiger partial charge in [0.2, 0.25) is 5.91 Å². The molecule has 176 valence electrons. The molecule has 2 atom stereocenters. The second-order valence-corrected chi connectivity index (χ2v) is 9.09. The van der Waals surface area contributed by atoms with Crippen LogP contribution in [0.15, 0.2) is 42.5 Å². The van der Waals surface area contributed by atoms with Gasteiger partial charge in [0, 0.05) is 50.0 Å². The van der Waals surface area contributed by atoms with E-state index in [1.54, 1.807) is 24.3 Å². The summed E-state index contributed by atoms with van der Waals surface area (Å²) in [6.45, 7) is 1.93. The first kappa shape index (κ1) is 23.5. The van der Waals surface area contributed by atoms with E-state index in [1.807, 2.05) is 4.90 Å². The molecule has 2 aliphatic heterocycles. The highest BCUT2D eigenvalue weighted by molar-refractivity contribution is 6.30. The molecule has 2 aromatic rings. The molecule has 2 fully saturated rings. The number of rotatable bonds is 5. The fourth-order valence-electron chi connectivity index (χ4n) is 4.59. The van der Waals surface area contributed by atoms with Gasteiger partial charge < -0.3 is 14.5 Å². The molecule has 2 saturated heterocycles. The molecule has 8 heteroatoms. The van der Waals surface area contributed by atoms with Gasteiger partial charge in [0.1, 0.15) is 29.1 Å². The van der Waals surface area contributed by atoms with Crippen LogP contribution >= 0.6 is 11.6 Å². The van der Waals surface area contributed by atoms with Crippen molar-refractivity contribution >= 4 is 23.4 Å². The summed E-state index contributed by atoms with van der Waals surface area (Å²) in [5.41, 5.74) is -0.560. The molecule has 2 aromatic carbocycles. The van der Waals surface area contributed by atoms with Crippen LogP contribution in [0.25, 0.3) is 0 Å². The standard InChI is InChI=1S/C25H27ClF2N2O3/c26-18-7-9-19(10-8-18)33-22-11-14-30(25(32)24-20(27)5-4-6-21(24)28)16-17(22)15-23(31)29-12-2-1-3-13-29/h4-10,17,22H,1-3,11-16H2/t17-,22-/m0/s1. The van der Waals surface area contributed by atoms with Crippen molar-refractivity contribution in [1.29, 1.82) is 0 Å². The van der Waals surface area contributed by atoms with Crippen molar-refractivity contribution in [2.75, 3.05) is 26.2 Å². The van der Waals surface area contributed by atoms with Crippen LogP contribution in [0.5, 0.6) is 5.75 Å². The third-order valence-corrected chi connectivity index (χ3v) is 6.63. The Bertz CT molecular complexity index is 975. The zero-order chi connectivity index (χ0) is 23.4. The minimum atomic E-state index is -0.888. The number of nitrogens with zero attached hydrogens (tertiary/aromatic N) is 2. The van der Waals surface area contributed by atoms with Gasteiger partial charge >= 0.3 is 0 Å². The van der Waals surface area contributed by atoms with Crippen molar-refractivity contribution in [2.45, 2.75) is 38.2 Å². The van der Waals surface area contributed by atoms with Crippen LogP contribution in [0, 0.1) is 17.6 Å². The lowest BCUT2D eigenvalue weighted by Gasteiger charge is -2.39. The largest absolute Gasteiger partial charge is 0.490 e. The molecule has 4 rings (SSSR count). The first-order chi connectivity index (χ1) is 15.9. The van der Waals surface area contributed by atoms with E-state index >= 15 is 0 Å². The molecule has 0 radical (unpaired) electrons. The van der Waals surface area contributed by atoms with Gasteiger partial charge in [-0.15, -0.1) is 0 Å². The lowest BCUT2D eigenvalue weighted by Crippen LogP contribution is -2.50. The molecule has 0 N–H and O–H groups in total. The number of likely N-dealkylation sites (tertiary alicyclic amines) is 2. The number of benzene rings is 2. The minimum absolute atomic E-state index is 0.0239. The Balaban J connectivity index is 1.52. The Morgan fingerprint density at radius 2 is 1.61 bits per heavy atom. The van der Waals surface area contributed by atoms with Crippen molar-refractivity contribution in [3.63, 3.8) is 0 Å². The molecule has 2 aliphatic rings. The highest BCUT2D eigenvalue weighted by Crippen LogP contribution is 2.29. The van der Waals surface area contributed by atoms with Crippen LogP contribution in [-0.2, 0) is 4.79 Å². The lowest BCUT2D eigenvalue weighted by molar-refractivity contribution is -0.134. The van der Waals surface area contributed by atoms with Crippen molar-refractivity contribution < 1.29 is 23.1 Å². The zero-order valence-electron chi connectivity index (χ0n) is 18.3. The molecule has 0 aromatic heterocycles. The third kappa shape index (κ3) is 5.64. The van der Waals surface area contributed by atoms with E-state index in [0.717, 1.165) is 44.5 Å². The molecular weight excluding hydrogens is 450 g/mol. The second kappa shape index (κ2) is 10.5.